The number of rotatable bonds is 6. The summed E-state index contributed by atoms with van der Waals surface area (Å²) in [5, 5.41) is 5.99. The number of thioether (sulfide) groups is 1. The fraction of sp³-hybridized carbons (Fsp3) is 0.889. The average Bonchev–Trinajstić information content (AvgIpc) is 2.01. The Balaban J connectivity index is 3.50. The topological polar surface area (TPSA) is 41.1 Å². The monoisotopic (exact) mass is 204 g/mol. The Labute approximate surface area is 85.0 Å². The number of nitrogens with one attached hydrogen (secondary N) is 2. The van der Waals surface area contributed by atoms with Crippen LogP contribution in [0.4, 0.5) is 0 Å². The molecule has 2 N–H and O–H groups in total. The maximum atomic E-state index is 11.2. The summed E-state index contributed by atoms with van der Waals surface area (Å²) in [7, 11) is 0. The molecule has 0 saturated carbocycles. The van der Waals surface area contributed by atoms with Gasteiger partial charge in [-0.1, -0.05) is 13.8 Å². The lowest BCUT2D eigenvalue weighted by Gasteiger charge is -2.13. The third-order valence-electron chi connectivity index (χ3n) is 1.49. The van der Waals surface area contributed by atoms with Crippen molar-refractivity contribution in [3.05, 3.63) is 0 Å². The second kappa shape index (κ2) is 7.21. The van der Waals surface area contributed by atoms with E-state index in [-0.39, 0.29) is 11.9 Å². The summed E-state index contributed by atoms with van der Waals surface area (Å²) in [5.74, 6) is 1.04. The molecular weight excluding hydrogens is 184 g/mol. The van der Waals surface area contributed by atoms with E-state index in [1.165, 1.54) is 0 Å². The Morgan fingerprint density at radius 1 is 1.38 bits per heavy atom. The van der Waals surface area contributed by atoms with Gasteiger partial charge in [0.2, 0.25) is 5.91 Å². The zero-order chi connectivity index (χ0) is 10.3. The molecule has 0 bridgehead atoms. The van der Waals surface area contributed by atoms with E-state index in [4.69, 9.17) is 0 Å². The maximum absolute atomic E-state index is 11.2. The van der Waals surface area contributed by atoms with E-state index >= 15 is 0 Å². The second-order valence-corrected chi connectivity index (χ2v) is 4.37. The average molecular weight is 204 g/mol. The molecule has 0 aromatic rings. The van der Waals surface area contributed by atoms with Gasteiger partial charge in [0.15, 0.2) is 0 Å². The van der Waals surface area contributed by atoms with Gasteiger partial charge < -0.3 is 10.6 Å². The van der Waals surface area contributed by atoms with Crippen LogP contribution in [-0.4, -0.2) is 36.5 Å². The van der Waals surface area contributed by atoms with Crippen LogP contribution in [0.2, 0.25) is 0 Å². The van der Waals surface area contributed by atoms with Gasteiger partial charge in [-0.05, 0) is 13.2 Å². The van der Waals surface area contributed by atoms with E-state index in [1.54, 1.807) is 11.8 Å². The Kier molecular flexibility index (Phi) is 7.09. The first-order valence-corrected chi connectivity index (χ1v) is 5.97. The minimum atomic E-state index is 0.0789. The summed E-state index contributed by atoms with van der Waals surface area (Å²) >= 11 is 1.74. The fourth-order valence-electron chi connectivity index (χ4n) is 0.914. The zero-order valence-electron chi connectivity index (χ0n) is 8.89. The minimum absolute atomic E-state index is 0.0789. The molecule has 0 radical (unpaired) electrons. The van der Waals surface area contributed by atoms with Gasteiger partial charge in [-0.3, -0.25) is 4.79 Å². The summed E-state index contributed by atoms with van der Waals surface area (Å²) in [6.07, 6.45) is 2.04. The summed E-state index contributed by atoms with van der Waals surface area (Å²) in [4.78, 5) is 11.2. The van der Waals surface area contributed by atoms with Crippen molar-refractivity contribution in [1.82, 2.24) is 10.6 Å². The van der Waals surface area contributed by atoms with Crippen molar-refractivity contribution in [3.63, 3.8) is 0 Å². The molecule has 1 unspecified atom stereocenters. The zero-order valence-corrected chi connectivity index (χ0v) is 9.70. The van der Waals surface area contributed by atoms with Gasteiger partial charge in [0.1, 0.15) is 0 Å². The van der Waals surface area contributed by atoms with Gasteiger partial charge in [0.05, 0.1) is 6.54 Å². The molecule has 3 nitrogen and oxygen atoms in total. The lowest BCUT2D eigenvalue weighted by atomic mass is 10.3. The Morgan fingerprint density at radius 2 is 2.00 bits per heavy atom. The lowest BCUT2D eigenvalue weighted by molar-refractivity contribution is -0.120. The molecule has 78 valence electrons. The van der Waals surface area contributed by atoms with E-state index < -0.39 is 0 Å². The summed E-state index contributed by atoms with van der Waals surface area (Å²) in [5.41, 5.74) is 0. The number of hydrogen-bond acceptors (Lipinski definition) is 3. The molecule has 0 aliphatic carbocycles. The lowest BCUT2D eigenvalue weighted by Crippen LogP contribution is -2.41. The highest BCUT2D eigenvalue weighted by atomic mass is 32.2. The summed E-state index contributed by atoms with van der Waals surface area (Å²) in [6, 6.07) is 0.623. The molecule has 1 atom stereocenters. The third-order valence-corrected chi connectivity index (χ3v) is 2.33. The van der Waals surface area contributed by atoms with Gasteiger partial charge in [-0.15, -0.1) is 0 Å². The standard InChI is InChI=1S/C9H20N2OS/c1-7(2)10-5-9(12)11-8(3)6-13-4/h7-8,10H,5-6H2,1-4H3,(H,11,12). The van der Waals surface area contributed by atoms with Crippen LogP contribution < -0.4 is 10.6 Å². The molecule has 0 spiro atoms. The Bertz CT molecular complexity index is 151. The van der Waals surface area contributed by atoms with Crippen molar-refractivity contribution >= 4 is 17.7 Å². The molecule has 0 rings (SSSR count). The van der Waals surface area contributed by atoms with E-state index in [9.17, 15) is 4.79 Å². The van der Waals surface area contributed by atoms with Gasteiger partial charge in [-0.2, -0.15) is 11.8 Å². The number of amides is 1. The number of hydrogen-bond donors (Lipinski definition) is 2. The van der Waals surface area contributed by atoms with Crippen LogP contribution in [0.25, 0.3) is 0 Å². The van der Waals surface area contributed by atoms with Crippen LogP contribution in [0.15, 0.2) is 0 Å². The number of carbonyl (C=O) groups is 1. The molecule has 0 fully saturated rings. The molecule has 13 heavy (non-hydrogen) atoms. The third kappa shape index (κ3) is 8.12. The first kappa shape index (κ1) is 12.8. The fourth-order valence-corrected chi connectivity index (χ4v) is 1.50. The quantitative estimate of drug-likeness (QED) is 0.674. The molecular formula is C9H20N2OS. The highest BCUT2D eigenvalue weighted by molar-refractivity contribution is 7.98. The van der Waals surface area contributed by atoms with Gasteiger partial charge in [-0.25, -0.2) is 0 Å². The molecule has 0 aliphatic rings. The molecule has 0 heterocycles. The van der Waals surface area contributed by atoms with Gasteiger partial charge >= 0.3 is 0 Å². The molecule has 0 aromatic carbocycles. The second-order valence-electron chi connectivity index (χ2n) is 3.46. The van der Waals surface area contributed by atoms with E-state index in [2.05, 4.69) is 10.6 Å². The summed E-state index contributed by atoms with van der Waals surface area (Å²) in [6.45, 7) is 6.48. The molecule has 0 saturated heterocycles. The van der Waals surface area contributed by atoms with Crippen LogP contribution in [0.3, 0.4) is 0 Å². The van der Waals surface area contributed by atoms with Crippen LogP contribution >= 0.6 is 11.8 Å². The smallest absolute Gasteiger partial charge is 0.234 e. The normalized spacial score (nSPS) is 13.0. The van der Waals surface area contributed by atoms with E-state index in [1.807, 2.05) is 27.0 Å². The molecule has 1 amide bonds. The van der Waals surface area contributed by atoms with Crippen LogP contribution in [-0.2, 0) is 4.79 Å². The van der Waals surface area contributed by atoms with Crippen molar-refractivity contribution in [2.45, 2.75) is 32.9 Å². The van der Waals surface area contributed by atoms with Crippen molar-refractivity contribution in [2.24, 2.45) is 0 Å². The number of carbonyl (C=O) groups excluding carboxylic acids is 1. The van der Waals surface area contributed by atoms with E-state index in [0.717, 1.165) is 5.75 Å². The van der Waals surface area contributed by atoms with Crippen molar-refractivity contribution < 1.29 is 4.79 Å². The van der Waals surface area contributed by atoms with Crippen LogP contribution in [0.1, 0.15) is 20.8 Å². The highest BCUT2D eigenvalue weighted by Crippen LogP contribution is 1.95. The van der Waals surface area contributed by atoms with Crippen molar-refractivity contribution in [3.8, 4) is 0 Å². The Morgan fingerprint density at radius 3 is 2.46 bits per heavy atom. The summed E-state index contributed by atoms with van der Waals surface area (Å²) < 4.78 is 0. The highest BCUT2D eigenvalue weighted by Gasteiger charge is 2.06. The van der Waals surface area contributed by atoms with Crippen LogP contribution in [0.5, 0.6) is 0 Å². The van der Waals surface area contributed by atoms with Gasteiger partial charge in [0, 0.05) is 17.8 Å². The minimum Gasteiger partial charge on any atom is -0.352 e. The first-order valence-electron chi connectivity index (χ1n) is 4.58. The van der Waals surface area contributed by atoms with Crippen molar-refractivity contribution in [1.29, 1.82) is 0 Å². The Hall–Kier alpha value is -0.220. The predicted octanol–water partition coefficient (Wildman–Crippen LogP) is 0.852. The molecule has 0 aromatic heterocycles. The predicted molar refractivity (Wildman–Crippen MR) is 59.1 cm³/mol. The first-order chi connectivity index (χ1) is 6.06. The molecule has 0 aliphatic heterocycles. The van der Waals surface area contributed by atoms with Crippen LogP contribution in [0, 0.1) is 0 Å². The molecule has 4 heteroatoms. The maximum Gasteiger partial charge on any atom is 0.234 e. The van der Waals surface area contributed by atoms with Gasteiger partial charge in [0.25, 0.3) is 0 Å². The van der Waals surface area contributed by atoms with Crippen molar-refractivity contribution in [2.75, 3.05) is 18.6 Å². The largest absolute Gasteiger partial charge is 0.352 e. The SMILES string of the molecule is CSCC(C)NC(=O)CNC(C)C. The van der Waals surface area contributed by atoms with E-state index in [0.29, 0.717) is 12.6 Å².